The highest BCUT2D eigenvalue weighted by atomic mass is 32.1. The zero-order valence-corrected chi connectivity index (χ0v) is 14.8. The van der Waals surface area contributed by atoms with Gasteiger partial charge in [0.05, 0.1) is 0 Å². The number of aryl methyl sites for hydroxylation is 1. The van der Waals surface area contributed by atoms with Crippen molar-refractivity contribution in [3.63, 3.8) is 0 Å². The van der Waals surface area contributed by atoms with Gasteiger partial charge in [0.15, 0.2) is 0 Å². The Morgan fingerprint density at radius 1 is 1.14 bits per heavy atom. The van der Waals surface area contributed by atoms with Gasteiger partial charge in [0.25, 0.3) is 0 Å². The van der Waals surface area contributed by atoms with Gasteiger partial charge in [-0.3, -0.25) is 0 Å². The quantitative estimate of drug-likeness (QED) is 0.593. The molecule has 120 valence electrons. The van der Waals surface area contributed by atoms with Gasteiger partial charge >= 0.3 is 0 Å². The molecule has 1 aliphatic carbocycles. The zero-order valence-electron chi connectivity index (χ0n) is 13.9. The molecule has 0 bridgehead atoms. The first-order valence-electron chi connectivity index (χ1n) is 9.05. The monoisotopic (exact) mass is 307 g/mol. The molecule has 1 saturated carbocycles. The molecule has 1 heterocycles. The van der Waals surface area contributed by atoms with E-state index in [0.29, 0.717) is 0 Å². The van der Waals surface area contributed by atoms with E-state index in [4.69, 9.17) is 0 Å². The van der Waals surface area contributed by atoms with E-state index in [-0.39, 0.29) is 0 Å². The van der Waals surface area contributed by atoms with Gasteiger partial charge in [-0.15, -0.1) is 0 Å². The van der Waals surface area contributed by atoms with Gasteiger partial charge in [0.1, 0.15) is 0 Å². The summed E-state index contributed by atoms with van der Waals surface area (Å²) in [4.78, 5) is 0. The summed E-state index contributed by atoms with van der Waals surface area (Å²) in [6.07, 6.45) is 11.2. The minimum Gasteiger partial charge on any atom is -0.316 e. The summed E-state index contributed by atoms with van der Waals surface area (Å²) in [5, 5.41) is 8.23. The largest absolute Gasteiger partial charge is 0.316 e. The maximum absolute atomic E-state index is 3.68. The van der Waals surface area contributed by atoms with Crippen LogP contribution in [-0.4, -0.2) is 13.1 Å². The molecule has 1 aromatic rings. The van der Waals surface area contributed by atoms with Crippen molar-refractivity contribution in [1.82, 2.24) is 5.32 Å². The van der Waals surface area contributed by atoms with Crippen LogP contribution in [-0.2, 0) is 6.42 Å². The van der Waals surface area contributed by atoms with Gasteiger partial charge in [0, 0.05) is 0 Å². The first-order valence-corrected chi connectivity index (χ1v) is 9.99. The van der Waals surface area contributed by atoms with Crippen molar-refractivity contribution in [2.45, 2.75) is 65.2 Å². The first kappa shape index (κ1) is 17.0. The molecule has 1 fully saturated rings. The van der Waals surface area contributed by atoms with Crippen molar-refractivity contribution in [3.8, 4) is 0 Å². The van der Waals surface area contributed by atoms with Gasteiger partial charge in [-0.05, 0) is 85.3 Å². The van der Waals surface area contributed by atoms with Crippen molar-refractivity contribution in [3.05, 3.63) is 22.4 Å². The molecular weight excluding hydrogens is 274 g/mol. The number of nitrogens with one attached hydrogen (secondary N) is 1. The SMILES string of the molecule is CCCNCC1CCC(CCC)CC1CCc1ccsc1. The smallest absolute Gasteiger partial charge is 0.00179 e. The summed E-state index contributed by atoms with van der Waals surface area (Å²) >= 11 is 1.84. The molecule has 21 heavy (non-hydrogen) atoms. The third-order valence-electron chi connectivity index (χ3n) is 5.16. The van der Waals surface area contributed by atoms with Crippen LogP contribution in [0.4, 0.5) is 0 Å². The Kier molecular flexibility index (Phi) is 7.81. The van der Waals surface area contributed by atoms with E-state index in [1.165, 1.54) is 64.5 Å². The molecule has 0 radical (unpaired) electrons. The van der Waals surface area contributed by atoms with Crippen LogP contribution in [0.1, 0.15) is 64.4 Å². The molecule has 0 aliphatic heterocycles. The molecule has 0 amide bonds. The van der Waals surface area contributed by atoms with Gasteiger partial charge in [-0.1, -0.05) is 33.1 Å². The van der Waals surface area contributed by atoms with Crippen molar-refractivity contribution in [2.24, 2.45) is 17.8 Å². The topological polar surface area (TPSA) is 12.0 Å². The summed E-state index contributed by atoms with van der Waals surface area (Å²) in [5.41, 5.74) is 1.55. The standard InChI is InChI=1S/C19H33NS/c1-3-5-16-6-9-19(14-20-11-4-2)18(13-16)8-7-17-10-12-21-15-17/h10,12,15-16,18-20H,3-9,11,13-14H2,1-2H3. The summed E-state index contributed by atoms with van der Waals surface area (Å²) in [6, 6.07) is 2.31. The lowest BCUT2D eigenvalue weighted by molar-refractivity contribution is 0.160. The predicted octanol–water partition coefficient (Wildman–Crippen LogP) is 5.51. The average molecular weight is 308 g/mol. The maximum Gasteiger partial charge on any atom is -0.00179 e. The molecule has 1 aromatic heterocycles. The molecule has 1 nitrogen and oxygen atoms in total. The summed E-state index contributed by atoms with van der Waals surface area (Å²) in [5.74, 6) is 2.87. The third-order valence-corrected chi connectivity index (χ3v) is 5.89. The van der Waals surface area contributed by atoms with Crippen LogP contribution in [0, 0.1) is 17.8 Å². The lowest BCUT2D eigenvalue weighted by Gasteiger charge is -2.36. The minimum atomic E-state index is 0.920. The molecule has 0 aromatic carbocycles. The molecule has 0 saturated heterocycles. The van der Waals surface area contributed by atoms with Crippen molar-refractivity contribution < 1.29 is 0 Å². The Hall–Kier alpha value is -0.340. The van der Waals surface area contributed by atoms with Crippen molar-refractivity contribution in [1.29, 1.82) is 0 Å². The average Bonchev–Trinajstić information content (AvgIpc) is 3.01. The lowest BCUT2D eigenvalue weighted by atomic mass is 9.71. The molecule has 0 spiro atoms. The second kappa shape index (κ2) is 9.63. The normalized spacial score (nSPS) is 26.1. The molecule has 2 rings (SSSR count). The van der Waals surface area contributed by atoms with E-state index < -0.39 is 0 Å². The van der Waals surface area contributed by atoms with Crippen LogP contribution < -0.4 is 5.32 Å². The highest BCUT2D eigenvalue weighted by molar-refractivity contribution is 7.07. The van der Waals surface area contributed by atoms with E-state index in [9.17, 15) is 0 Å². The molecular formula is C19H33NS. The van der Waals surface area contributed by atoms with Gasteiger partial charge in [-0.25, -0.2) is 0 Å². The Balaban J connectivity index is 1.84. The van der Waals surface area contributed by atoms with E-state index in [1.807, 2.05) is 11.3 Å². The number of hydrogen-bond donors (Lipinski definition) is 1. The first-order chi connectivity index (χ1) is 10.3. The van der Waals surface area contributed by atoms with Crippen LogP contribution >= 0.6 is 11.3 Å². The Labute approximate surface area is 135 Å². The lowest BCUT2D eigenvalue weighted by Crippen LogP contribution is -2.33. The molecule has 3 atom stereocenters. The summed E-state index contributed by atoms with van der Waals surface area (Å²) < 4.78 is 0. The van der Waals surface area contributed by atoms with Crippen LogP contribution in [0.25, 0.3) is 0 Å². The van der Waals surface area contributed by atoms with E-state index >= 15 is 0 Å². The zero-order chi connectivity index (χ0) is 14.9. The maximum atomic E-state index is 3.68. The second-order valence-electron chi connectivity index (χ2n) is 6.86. The predicted molar refractivity (Wildman–Crippen MR) is 95.0 cm³/mol. The van der Waals surface area contributed by atoms with Gasteiger partial charge in [-0.2, -0.15) is 11.3 Å². The fourth-order valence-electron chi connectivity index (χ4n) is 3.97. The van der Waals surface area contributed by atoms with Crippen LogP contribution in [0.3, 0.4) is 0 Å². The second-order valence-corrected chi connectivity index (χ2v) is 7.64. The molecule has 1 aliphatic rings. The number of thiophene rings is 1. The Morgan fingerprint density at radius 2 is 2.05 bits per heavy atom. The summed E-state index contributed by atoms with van der Waals surface area (Å²) in [6.45, 7) is 7.04. The Morgan fingerprint density at radius 3 is 2.76 bits per heavy atom. The molecule has 2 heteroatoms. The van der Waals surface area contributed by atoms with Gasteiger partial charge in [0.2, 0.25) is 0 Å². The van der Waals surface area contributed by atoms with Crippen LogP contribution in [0.5, 0.6) is 0 Å². The van der Waals surface area contributed by atoms with Gasteiger partial charge < -0.3 is 5.32 Å². The Bertz CT molecular complexity index is 360. The highest BCUT2D eigenvalue weighted by Crippen LogP contribution is 2.38. The molecule has 1 N–H and O–H groups in total. The summed E-state index contributed by atoms with van der Waals surface area (Å²) in [7, 11) is 0. The van der Waals surface area contributed by atoms with E-state index in [1.54, 1.807) is 5.56 Å². The number of rotatable bonds is 9. The molecule has 3 unspecified atom stereocenters. The van der Waals surface area contributed by atoms with Crippen LogP contribution in [0.2, 0.25) is 0 Å². The third kappa shape index (κ3) is 5.75. The van der Waals surface area contributed by atoms with E-state index in [0.717, 1.165) is 17.8 Å². The van der Waals surface area contributed by atoms with E-state index in [2.05, 4.69) is 36.0 Å². The fourth-order valence-corrected chi connectivity index (χ4v) is 4.67. The number of hydrogen-bond acceptors (Lipinski definition) is 2. The van der Waals surface area contributed by atoms with Crippen LogP contribution in [0.15, 0.2) is 16.8 Å². The highest BCUT2D eigenvalue weighted by Gasteiger charge is 2.29. The van der Waals surface area contributed by atoms with Crippen molar-refractivity contribution >= 4 is 11.3 Å². The minimum absolute atomic E-state index is 0.920. The fraction of sp³-hybridized carbons (Fsp3) is 0.789. The van der Waals surface area contributed by atoms with Crippen molar-refractivity contribution in [2.75, 3.05) is 13.1 Å².